The largest absolute Gasteiger partial charge is 0.310 e. The van der Waals surface area contributed by atoms with Crippen LogP contribution < -0.4 is 9.80 Å². The highest BCUT2D eigenvalue weighted by Crippen LogP contribution is 2.68. The molecular formula is C80H94N2. The first-order valence-corrected chi connectivity index (χ1v) is 32.4. The predicted molar refractivity (Wildman–Crippen MR) is 355 cm³/mol. The first-order chi connectivity index (χ1) is 39.1. The summed E-state index contributed by atoms with van der Waals surface area (Å²) in [5, 5.41) is 5.19. The molecule has 82 heavy (non-hydrogen) atoms. The zero-order chi connectivity index (χ0) is 57.9. The Bertz CT molecular complexity index is 3480. The molecule has 8 aromatic carbocycles. The van der Waals surface area contributed by atoms with Crippen LogP contribution >= 0.6 is 0 Å². The molecule has 2 nitrogen and oxygen atoms in total. The van der Waals surface area contributed by atoms with Crippen LogP contribution in [0.4, 0.5) is 34.1 Å². The molecule has 0 bridgehead atoms. The fourth-order valence-corrected chi connectivity index (χ4v) is 19.5. The van der Waals surface area contributed by atoms with Crippen LogP contribution in [0.1, 0.15) is 232 Å². The van der Waals surface area contributed by atoms with Crippen molar-refractivity contribution in [1.29, 1.82) is 0 Å². The summed E-state index contributed by atoms with van der Waals surface area (Å²) in [6.07, 6.45) is 14.0. The van der Waals surface area contributed by atoms with Crippen molar-refractivity contribution >= 4 is 55.7 Å². The Kier molecular flexibility index (Phi) is 12.6. The molecule has 0 amide bonds. The van der Waals surface area contributed by atoms with Crippen LogP contribution in [0.5, 0.6) is 0 Å². The molecule has 0 spiro atoms. The lowest BCUT2D eigenvalue weighted by Gasteiger charge is -2.37. The fourth-order valence-electron chi connectivity index (χ4n) is 19.5. The summed E-state index contributed by atoms with van der Waals surface area (Å²) >= 11 is 0. The molecule has 0 saturated heterocycles. The van der Waals surface area contributed by atoms with Gasteiger partial charge < -0.3 is 9.80 Å². The normalized spacial score (nSPS) is 19.7. The van der Waals surface area contributed by atoms with Gasteiger partial charge in [-0.25, -0.2) is 0 Å². The van der Waals surface area contributed by atoms with Crippen LogP contribution in [0.15, 0.2) is 133 Å². The molecule has 0 N–H and O–H groups in total. The molecule has 0 fully saturated rings. The van der Waals surface area contributed by atoms with Crippen LogP contribution in [0.2, 0.25) is 0 Å². The van der Waals surface area contributed by atoms with Crippen LogP contribution in [0, 0.1) is 0 Å². The van der Waals surface area contributed by atoms with Crippen molar-refractivity contribution in [2.45, 2.75) is 231 Å². The topological polar surface area (TPSA) is 6.48 Å². The molecule has 0 aromatic heterocycles. The second-order valence-electron chi connectivity index (χ2n) is 29.5. The number of hydrogen-bond acceptors (Lipinski definition) is 2. The van der Waals surface area contributed by atoms with Gasteiger partial charge in [-0.05, 0) is 281 Å². The van der Waals surface area contributed by atoms with Gasteiger partial charge in [-0.15, -0.1) is 0 Å². The molecular weight excluding hydrogens is 989 g/mol. The molecule has 0 unspecified atom stereocenters. The fraction of sp³-hybridized carbons (Fsp3) is 0.450. The Morgan fingerprint density at radius 1 is 0.280 bits per heavy atom. The van der Waals surface area contributed by atoms with Crippen LogP contribution in [0.25, 0.3) is 43.8 Å². The highest BCUT2D eigenvalue weighted by atomic mass is 15.2. The first kappa shape index (κ1) is 55.1. The van der Waals surface area contributed by atoms with E-state index in [1.54, 1.807) is 44.5 Å². The number of nitrogens with zero attached hydrogens (tertiary/aromatic N) is 2. The average molecular weight is 1080 g/mol. The SMILES string of the molecule is CCC1(CC)CC(C)(C)c2c1cc1c(c2N(c2ccccc2)c2ccc3cc4c(cc3c2)-c2cc3ccc(N(c5ccccc5)c5c6c(cc7c5C(C)(C)CC7(CC)CC)C(CC)(CC)CC6(C)C)cc3cc2-4)C(C)(C)CC1(CC)CC. The summed E-state index contributed by atoms with van der Waals surface area (Å²) < 4.78 is 0. The lowest BCUT2D eigenvalue weighted by Crippen LogP contribution is -2.26. The van der Waals surface area contributed by atoms with Crippen molar-refractivity contribution in [2.24, 2.45) is 0 Å². The molecule has 0 radical (unpaired) electrons. The maximum Gasteiger partial charge on any atom is 0.0542 e. The van der Waals surface area contributed by atoms with Gasteiger partial charge in [-0.3, -0.25) is 0 Å². The van der Waals surface area contributed by atoms with E-state index in [1.807, 2.05) is 0 Å². The lowest BCUT2D eigenvalue weighted by molar-refractivity contribution is 0.322. The van der Waals surface area contributed by atoms with E-state index in [0.29, 0.717) is 0 Å². The van der Waals surface area contributed by atoms with Crippen LogP contribution in [0.3, 0.4) is 0 Å². The number of hydrogen-bond donors (Lipinski definition) is 0. The van der Waals surface area contributed by atoms with Gasteiger partial charge in [0, 0.05) is 22.7 Å². The minimum atomic E-state index is 0.00741. The summed E-state index contributed by atoms with van der Waals surface area (Å²) in [4.78, 5) is 5.43. The average Bonchev–Trinajstić information content (AvgIpc) is 1.71. The summed E-state index contributed by atoms with van der Waals surface area (Å²) in [6, 6.07) is 53.1. The number of para-hydroxylation sites is 2. The van der Waals surface area contributed by atoms with Crippen molar-refractivity contribution in [3.63, 3.8) is 0 Å². The lowest BCUT2D eigenvalue weighted by atomic mass is 9.72. The van der Waals surface area contributed by atoms with Crippen LogP contribution in [-0.4, -0.2) is 0 Å². The quantitative estimate of drug-likeness (QED) is 0.107. The Balaban J connectivity index is 0.969. The van der Waals surface area contributed by atoms with Gasteiger partial charge in [-0.2, -0.15) is 0 Å². The van der Waals surface area contributed by atoms with Gasteiger partial charge in [0.2, 0.25) is 0 Å². The minimum absolute atomic E-state index is 0.00741. The number of fused-ring (bicyclic) bond motifs is 10. The molecule has 5 aliphatic rings. The molecule has 5 aliphatic carbocycles. The first-order valence-electron chi connectivity index (χ1n) is 32.4. The van der Waals surface area contributed by atoms with Gasteiger partial charge in [-0.1, -0.05) is 171 Å². The van der Waals surface area contributed by atoms with Crippen molar-refractivity contribution in [2.75, 3.05) is 9.80 Å². The van der Waals surface area contributed by atoms with E-state index in [-0.39, 0.29) is 43.3 Å². The van der Waals surface area contributed by atoms with Crippen LogP contribution in [-0.2, 0) is 43.3 Å². The zero-order valence-corrected chi connectivity index (χ0v) is 53.1. The second-order valence-corrected chi connectivity index (χ2v) is 29.5. The molecule has 0 saturated carbocycles. The maximum atomic E-state index is 2.77. The van der Waals surface area contributed by atoms with Gasteiger partial charge in [0.15, 0.2) is 0 Å². The van der Waals surface area contributed by atoms with Gasteiger partial charge in [0.1, 0.15) is 0 Å². The highest BCUT2D eigenvalue weighted by molar-refractivity contribution is 6.13. The van der Waals surface area contributed by atoms with E-state index in [1.165, 1.54) is 104 Å². The standard InChI is InChI=1S/C80H94N2/c1-17-77(18-2)47-73(9,10)67-63(77)45-64-68(74(11,12)48-78(64,19-3)20-4)71(67)81(55-31-27-25-28-32-55)57-37-35-51-41-59-61(43-53(51)39-57)60-42-52-36-38-58(40-54(52)44-62(59)60)82(56-33-29-26-30-34-56)72-69-65(79(21-5,22-6)49-75(69,13)14)46-66-70(72)76(15,16)50-80(66,23-7)24-8/h25-46H,17-24,47-50H2,1-16H3. The Hall–Kier alpha value is -6.12. The molecule has 0 heterocycles. The molecule has 13 rings (SSSR count). The van der Waals surface area contributed by atoms with E-state index in [9.17, 15) is 0 Å². The summed E-state index contributed by atoms with van der Waals surface area (Å²) in [6.45, 7) is 40.1. The van der Waals surface area contributed by atoms with E-state index in [2.05, 4.69) is 254 Å². The Labute approximate surface area is 494 Å². The number of benzene rings is 8. The monoisotopic (exact) mass is 1080 g/mol. The maximum absolute atomic E-state index is 2.77. The molecule has 0 atom stereocenters. The Morgan fingerprint density at radius 2 is 0.537 bits per heavy atom. The number of rotatable bonds is 14. The van der Waals surface area contributed by atoms with Gasteiger partial charge in [0.25, 0.3) is 0 Å². The van der Waals surface area contributed by atoms with Crippen molar-refractivity contribution < 1.29 is 0 Å². The molecule has 0 aliphatic heterocycles. The molecule has 8 aromatic rings. The van der Waals surface area contributed by atoms with Gasteiger partial charge in [0.05, 0.1) is 11.4 Å². The Morgan fingerprint density at radius 3 is 0.793 bits per heavy atom. The smallest absolute Gasteiger partial charge is 0.0542 e. The van der Waals surface area contributed by atoms with E-state index < -0.39 is 0 Å². The molecule has 2 heteroatoms. The minimum Gasteiger partial charge on any atom is -0.310 e. The summed E-state index contributed by atoms with van der Waals surface area (Å²) in [7, 11) is 0. The third-order valence-corrected chi connectivity index (χ3v) is 23.6. The van der Waals surface area contributed by atoms with E-state index in [4.69, 9.17) is 0 Å². The van der Waals surface area contributed by atoms with Crippen molar-refractivity contribution in [3.8, 4) is 22.3 Å². The van der Waals surface area contributed by atoms with Gasteiger partial charge >= 0.3 is 0 Å². The molecule has 424 valence electrons. The third kappa shape index (κ3) is 7.56. The van der Waals surface area contributed by atoms with Crippen molar-refractivity contribution in [3.05, 3.63) is 178 Å². The summed E-state index contributed by atoms with van der Waals surface area (Å²) in [5.74, 6) is 0. The highest BCUT2D eigenvalue weighted by Gasteiger charge is 2.57. The van der Waals surface area contributed by atoms with E-state index >= 15 is 0 Å². The predicted octanol–water partition coefficient (Wildman–Crippen LogP) is 23.5. The third-order valence-electron chi connectivity index (χ3n) is 23.6. The number of anilines is 6. The van der Waals surface area contributed by atoms with Crippen molar-refractivity contribution in [1.82, 2.24) is 0 Å². The van der Waals surface area contributed by atoms with E-state index in [0.717, 1.165) is 51.4 Å². The second kappa shape index (κ2) is 18.7. The summed E-state index contributed by atoms with van der Waals surface area (Å²) in [5.41, 5.74) is 26.8. The zero-order valence-electron chi connectivity index (χ0n) is 53.1.